The van der Waals surface area contributed by atoms with Crippen molar-refractivity contribution in [3.05, 3.63) is 48.5 Å². The standard InChI is InChI=1S/C12H10O2.C6H14/c13-11-5-1-3-9(7-11)10-4-2-6-12(14)8-10;1-4-6(3)5-2/h1-8,13-14H;6H,4-5H2,1-3H3. The largest absolute Gasteiger partial charge is 0.508 e. The van der Waals surface area contributed by atoms with Crippen molar-refractivity contribution in [1.29, 1.82) is 0 Å². The summed E-state index contributed by atoms with van der Waals surface area (Å²) in [6, 6.07) is 13.9. The quantitative estimate of drug-likeness (QED) is 0.805. The van der Waals surface area contributed by atoms with Gasteiger partial charge in [0.05, 0.1) is 0 Å². The summed E-state index contributed by atoms with van der Waals surface area (Å²) >= 11 is 0. The van der Waals surface area contributed by atoms with Crippen LogP contribution in [-0.2, 0) is 0 Å². The molecule has 0 amide bonds. The van der Waals surface area contributed by atoms with E-state index >= 15 is 0 Å². The Morgan fingerprint density at radius 2 is 1.20 bits per heavy atom. The Kier molecular flexibility index (Phi) is 6.65. The highest BCUT2D eigenvalue weighted by Gasteiger charge is 1.98. The molecule has 2 N–H and O–H groups in total. The van der Waals surface area contributed by atoms with Gasteiger partial charge in [-0.15, -0.1) is 0 Å². The minimum atomic E-state index is 0.228. The van der Waals surface area contributed by atoms with Gasteiger partial charge in [-0.25, -0.2) is 0 Å². The van der Waals surface area contributed by atoms with Gasteiger partial charge in [-0.2, -0.15) is 0 Å². The van der Waals surface area contributed by atoms with E-state index in [9.17, 15) is 10.2 Å². The van der Waals surface area contributed by atoms with E-state index in [2.05, 4.69) is 20.8 Å². The molecule has 0 aliphatic heterocycles. The van der Waals surface area contributed by atoms with Crippen LogP contribution in [0.3, 0.4) is 0 Å². The molecule has 0 aliphatic rings. The molecule has 2 heteroatoms. The Morgan fingerprint density at radius 1 is 0.800 bits per heavy atom. The molecule has 0 radical (unpaired) electrons. The van der Waals surface area contributed by atoms with Gasteiger partial charge in [0, 0.05) is 0 Å². The highest BCUT2D eigenvalue weighted by Crippen LogP contribution is 2.25. The first-order valence-corrected chi connectivity index (χ1v) is 7.15. The van der Waals surface area contributed by atoms with E-state index in [0.29, 0.717) is 0 Å². The molecule has 108 valence electrons. The molecule has 0 unspecified atom stereocenters. The molecule has 0 aliphatic carbocycles. The van der Waals surface area contributed by atoms with E-state index in [0.717, 1.165) is 17.0 Å². The van der Waals surface area contributed by atoms with Crippen LogP contribution in [0, 0.1) is 5.92 Å². The molecule has 2 aromatic carbocycles. The summed E-state index contributed by atoms with van der Waals surface area (Å²) in [5, 5.41) is 18.6. The number of phenolic OH excluding ortho intramolecular Hbond substituents is 2. The normalized spacial score (nSPS) is 10.0. The van der Waals surface area contributed by atoms with Crippen molar-refractivity contribution in [3.63, 3.8) is 0 Å². The fourth-order valence-electron chi connectivity index (χ4n) is 1.66. The van der Waals surface area contributed by atoms with E-state index in [1.165, 1.54) is 12.8 Å². The zero-order valence-corrected chi connectivity index (χ0v) is 12.5. The molecule has 0 saturated carbocycles. The number of phenols is 2. The lowest BCUT2D eigenvalue weighted by Gasteiger charge is -2.02. The van der Waals surface area contributed by atoms with Crippen LogP contribution < -0.4 is 0 Å². The molecule has 2 nitrogen and oxygen atoms in total. The van der Waals surface area contributed by atoms with Crippen LogP contribution in [0.1, 0.15) is 33.6 Å². The summed E-state index contributed by atoms with van der Waals surface area (Å²) in [6.45, 7) is 6.74. The fraction of sp³-hybridized carbons (Fsp3) is 0.333. The monoisotopic (exact) mass is 272 g/mol. The van der Waals surface area contributed by atoms with Crippen LogP contribution in [-0.4, -0.2) is 10.2 Å². The Balaban J connectivity index is 0.000000286. The molecular formula is C18H24O2. The second kappa shape index (κ2) is 8.26. The molecule has 0 aromatic heterocycles. The number of rotatable bonds is 3. The van der Waals surface area contributed by atoms with Gasteiger partial charge in [-0.3, -0.25) is 0 Å². The summed E-state index contributed by atoms with van der Waals surface area (Å²) < 4.78 is 0. The predicted molar refractivity (Wildman–Crippen MR) is 85.0 cm³/mol. The van der Waals surface area contributed by atoms with Gasteiger partial charge in [-0.05, 0) is 41.3 Å². The van der Waals surface area contributed by atoms with Crippen molar-refractivity contribution in [2.75, 3.05) is 0 Å². The second-order valence-corrected chi connectivity index (χ2v) is 5.02. The SMILES string of the molecule is CCC(C)CC.Oc1cccc(-c2cccc(O)c2)c1. The Bertz CT molecular complexity index is 473. The van der Waals surface area contributed by atoms with E-state index in [1.807, 2.05) is 12.1 Å². The van der Waals surface area contributed by atoms with Crippen molar-refractivity contribution in [1.82, 2.24) is 0 Å². The van der Waals surface area contributed by atoms with Gasteiger partial charge in [-0.1, -0.05) is 57.9 Å². The molecule has 2 aromatic rings. The number of hydrogen-bond acceptors (Lipinski definition) is 2. The van der Waals surface area contributed by atoms with Gasteiger partial charge in [0.25, 0.3) is 0 Å². The molecule has 0 atom stereocenters. The lowest BCUT2D eigenvalue weighted by molar-refractivity contribution is 0.474. The average molecular weight is 272 g/mol. The smallest absolute Gasteiger partial charge is 0.116 e. The molecule has 0 bridgehead atoms. The first kappa shape index (κ1) is 16.1. The van der Waals surface area contributed by atoms with Gasteiger partial charge in [0.15, 0.2) is 0 Å². The van der Waals surface area contributed by atoms with Crippen LogP contribution in [0.25, 0.3) is 11.1 Å². The summed E-state index contributed by atoms with van der Waals surface area (Å²) in [6.07, 6.45) is 2.66. The first-order chi connectivity index (χ1) is 9.56. The highest BCUT2D eigenvalue weighted by molar-refractivity contribution is 5.66. The Morgan fingerprint density at radius 3 is 1.45 bits per heavy atom. The van der Waals surface area contributed by atoms with Gasteiger partial charge in [0.1, 0.15) is 11.5 Å². The summed E-state index contributed by atoms with van der Waals surface area (Å²) in [5.41, 5.74) is 1.78. The van der Waals surface area contributed by atoms with Gasteiger partial charge < -0.3 is 10.2 Å². The van der Waals surface area contributed by atoms with E-state index in [1.54, 1.807) is 36.4 Å². The van der Waals surface area contributed by atoms with Crippen molar-refractivity contribution in [2.24, 2.45) is 5.92 Å². The fourth-order valence-corrected chi connectivity index (χ4v) is 1.66. The van der Waals surface area contributed by atoms with Crippen LogP contribution in [0.5, 0.6) is 11.5 Å². The lowest BCUT2D eigenvalue weighted by Crippen LogP contribution is -1.85. The lowest BCUT2D eigenvalue weighted by atomic mass is 10.1. The minimum absolute atomic E-state index is 0.228. The summed E-state index contributed by atoms with van der Waals surface area (Å²) in [4.78, 5) is 0. The zero-order chi connectivity index (χ0) is 15.0. The maximum Gasteiger partial charge on any atom is 0.116 e. The first-order valence-electron chi connectivity index (χ1n) is 7.15. The maximum atomic E-state index is 9.28. The van der Waals surface area contributed by atoms with Crippen molar-refractivity contribution >= 4 is 0 Å². The molecule has 0 saturated heterocycles. The van der Waals surface area contributed by atoms with E-state index in [4.69, 9.17) is 0 Å². The third kappa shape index (κ3) is 5.35. The average Bonchev–Trinajstić information content (AvgIpc) is 2.47. The molecular weight excluding hydrogens is 248 g/mol. The topological polar surface area (TPSA) is 40.5 Å². The highest BCUT2D eigenvalue weighted by atomic mass is 16.3. The van der Waals surface area contributed by atoms with Crippen molar-refractivity contribution < 1.29 is 10.2 Å². The number of hydrogen-bond donors (Lipinski definition) is 2. The third-order valence-corrected chi connectivity index (χ3v) is 3.42. The second-order valence-electron chi connectivity index (χ2n) is 5.02. The molecule has 0 heterocycles. The van der Waals surface area contributed by atoms with Crippen LogP contribution in [0.2, 0.25) is 0 Å². The molecule has 0 fully saturated rings. The maximum absolute atomic E-state index is 9.28. The third-order valence-electron chi connectivity index (χ3n) is 3.42. The predicted octanol–water partition coefficient (Wildman–Crippen LogP) is 5.21. The van der Waals surface area contributed by atoms with Crippen LogP contribution >= 0.6 is 0 Å². The van der Waals surface area contributed by atoms with Crippen molar-refractivity contribution in [2.45, 2.75) is 33.6 Å². The molecule has 0 spiro atoms. The summed E-state index contributed by atoms with van der Waals surface area (Å²) in [5.74, 6) is 1.39. The zero-order valence-electron chi connectivity index (χ0n) is 12.5. The summed E-state index contributed by atoms with van der Waals surface area (Å²) in [7, 11) is 0. The van der Waals surface area contributed by atoms with Crippen molar-refractivity contribution in [3.8, 4) is 22.6 Å². The van der Waals surface area contributed by atoms with Gasteiger partial charge >= 0.3 is 0 Å². The van der Waals surface area contributed by atoms with E-state index in [-0.39, 0.29) is 11.5 Å². The minimum Gasteiger partial charge on any atom is -0.508 e. The molecule has 2 rings (SSSR count). The molecule has 20 heavy (non-hydrogen) atoms. The number of benzene rings is 2. The number of aromatic hydroxyl groups is 2. The Hall–Kier alpha value is -1.96. The van der Waals surface area contributed by atoms with Crippen LogP contribution in [0.15, 0.2) is 48.5 Å². The van der Waals surface area contributed by atoms with Crippen LogP contribution in [0.4, 0.5) is 0 Å². The van der Waals surface area contributed by atoms with E-state index < -0.39 is 0 Å². The Labute approximate surface area is 121 Å². The van der Waals surface area contributed by atoms with Gasteiger partial charge in [0.2, 0.25) is 0 Å².